The van der Waals surface area contributed by atoms with E-state index in [4.69, 9.17) is 9.15 Å². The van der Waals surface area contributed by atoms with Crippen molar-refractivity contribution in [2.75, 3.05) is 5.32 Å². The highest BCUT2D eigenvalue weighted by molar-refractivity contribution is 9.10. The molecule has 130 valence electrons. The number of nitrogens with zero attached hydrogens (tertiary/aromatic N) is 2. The molecule has 2 heterocycles. The first kappa shape index (κ1) is 17.3. The Bertz CT molecular complexity index is 857. The van der Waals surface area contributed by atoms with Crippen LogP contribution in [0.15, 0.2) is 57.6 Å². The molecule has 0 aliphatic carbocycles. The molecule has 0 saturated carbocycles. The second kappa shape index (κ2) is 8.02. The van der Waals surface area contributed by atoms with Gasteiger partial charge >= 0.3 is 0 Å². The summed E-state index contributed by atoms with van der Waals surface area (Å²) in [6.45, 7) is 3.04. The number of aromatic nitrogens is 2. The van der Waals surface area contributed by atoms with Gasteiger partial charge in [-0.2, -0.15) is 5.10 Å². The smallest absolute Gasteiger partial charge is 0.292 e. The van der Waals surface area contributed by atoms with Crippen LogP contribution in [0.2, 0.25) is 0 Å². The summed E-state index contributed by atoms with van der Waals surface area (Å²) in [5.74, 6) is 1.87. The van der Waals surface area contributed by atoms with E-state index in [-0.39, 0.29) is 18.3 Å². The highest BCUT2D eigenvalue weighted by atomic mass is 79.9. The molecule has 1 N–H and O–H groups in total. The van der Waals surface area contributed by atoms with Crippen LogP contribution in [-0.2, 0) is 13.2 Å². The Kier molecular flexibility index (Phi) is 5.55. The number of amides is 1. The number of hydrogen-bond acceptors (Lipinski definition) is 4. The molecule has 1 amide bonds. The molecular weight excluding hydrogens is 386 g/mol. The van der Waals surface area contributed by atoms with Crippen LogP contribution in [0.4, 0.5) is 5.82 Å². The first-order valence-electron chi connectivity index (χ1n) is 7.96. The molecule has 0 spiro atoms. The molecule has 0 fully saturated rings. The van der Waals surface area contributed by atoms with E-state index < -0.39 is 0 Å². The minimum Gasteiger partial charge on any atom is -0.486 e. The number of carbonyl (C=O) groups excluding carboxylic acids is 1. The SMILES string of the molecule is CCCn1nccc1NC(=O)c1ccc(COc2cccc(Br)c2)o1. The third-order valence-electron chi connectivity index (χ3n) is 3.46. The van der Waals surface area contributed by atoms with E-state index in [1.165, 1.54) is 0 Å². The average molecular weight is 404 g/mol. The second-order valence-corrected chi connectivity index (χ2v) is 6.32. The van der Waals surface area contributed by atoms with E-state index in [0.717, 1.165) is 23.2 Å². The van der Waals surface area contributed by atoms with Crippen molar-refractivity contribution in [1.82, 2.24) is 9.78 Å². The maximum Gasteiger partial charge on any atom is 0.292 e. The van der Waals surface area contributed by atoms with Gasteiger partial charge in [0.25, 0.3) is 5.91 Å². The molecule has 25 heavy (non-hydrogen) atoms. The number of anilines is 1. The highest BCUT2D eigenvalue weighted by Crippen LogP contribution is 2.20. The van der Waals surface area contributed by atoms with Gasteiger partial charge in [-0.1, -0.05) is 28.9 Å². The molecule has 2 aromatic heterocycles. The van der Waals surface area contributed by atoms with Crippen LogP contribution in [0.5, 0.6) is 5.75 Å². The number of furan rings is 1. The van der Waals surface area contributed by atoms with E-state index in [2.05, 4.69) is 33.3 Å². The third-order valence-corrected chi connectivity index (χ3v) is 3.95. The van der Waals surface area contributed by atoms with Crippen LogP contribution in [0.3, 0.4) is 0 Å². The predicted molar refractivity (Wildman–Crippen MR) is 97.7 cm³/mol. The number of aryl methyl sites for hydroxylation is 1. The summed E-state index contributed by atoms with van der Waals surface area (Å²) in [6.07, 6.45) is 2.59. The number of benzene rings is 1. The van der Waals surface area contributed by atoms with Crippen LogP contribution >= 0.6 is 15.9 Å². The lowest BCUT2D eigenvalue weighted by atomic mass is 10.3. The highest BCUT2D eigenvalue weighted by Gasteiger charge is 2.14. The van der Waals surface area contributed by atoms with Crippen LogP contribution in [0.25, 0.3) is 0 Å². The van der Waals surface area contributed by atoms with Crippen molar-refractivity contribution in [3.8, 4) is 5.75 Å². The maximum atomic E-state index is 12.3. The number of carbonyl (C=O) groups is 1. The van der Waals surface area contributed by atoms with Gasteiger partial charge in [-0.3, -0.25) is 4.79 Å². The zero-order valence-corrected chi connectivity index (χ0v) is 15.3. The van der Waals surface area contributed by atoms with Gasteiger partial charge in [-0.15, -0.1) is 0 Å². The Balaban J connectivity index is 1.60. The van der Waals surface area contributed by atoms with E-state index in [9.17, 15) is 4.79 Å². The van der Waals surface area contributed by atoms with Gasteiger partial charge in [0.2, 0.25) is 0 Å². The number of nitrogens with one attached hydrogen (secondary N) is 1. The first-order valence-corrected chi connectivity index (χ1v) is 8.75. The average Bonchev–Trinajstić information content (AvgIpc) is 3.23. The molecule has 0 unspecified atom stereocenters. The zero-order valence-electron chi connectivity index (χ0n) is 13.7. The Morgan fingerprint density at radius 1 is 1.32 bits per heavy atom. The molecule has 0 bridgehead atoms. The van der Waals surface area contributed by atoms with E-state index in [1.54, 1.807) is 29.1 Å². The van der Waals surface area contributed by atoms with Gasteiger partial charge < -0.3 is 14.5 Å². The molecule has 0 atom stereocenters. The van der Waals surface area contributed by atoms with Gasteiger partial charge in [0, 0.05) is 17.1 Å². The summed E-state index contributed by atoms with van der Waals surface area (Å²) in [5.41, 5.74) is 0. The summed E-state index contributed by atoms with van der Waals surface area (Å²) < 4.78 is 13.9. The lowest BCUT2D eigenvalue weighted by molar-refractivity contribution is 0.0991. The van der Waals surface area contributed by atoms with Crippen LogP contribution in [0.1, 0.15) is 29.7 Å². The molecule has 0 saturated heterocycles. The Morgan fingerprint density at radius 2 is 2.20 bits per heavy atom. The fourth-order valence-corrected chi connectivity index (χ4v) is 2.67. The molecule has 0 aliphatic rings. The van der Waals surface area contributed by atoms with Crippen molar-refractivity contribution in [2.45, 2.75) is 26.5 Å². The fraction of sp³-hybridized carbons (Fsp3) is 0.222. The van der Waals surface area contributed by atoms with Crippen LogP contribution in [0, 0.1) is 0 Å². The van der Waals surface area contributed by atoms with Crippen LogP contribution < -0.4 is 10.1 Å². The quantitative estimate of drug-likeness (QED) is 0.631. The third kappa shape index (κ3) is 4.51. The zero-order chi connectivity index (χ0) is 17.6. The van der Waals surface area contributed by atoms with Gasteiger partial charge in [-0.05, 0) is 36.8 Å². The Morgan fingerprint density at radius 3 is 3.00 bits per heavy atom. The molecular formula is C18H18BrN3O3. The lowest BCUT2D eigenvalue weighted by Crippen LogP contribution is -2.15. The van der Waals surface area contributed by atoms with Gasteiger partial charge in [-0.25, -0.2) is 4.68 Å². The molecule has 0 radical (unpaired) electrons. The molecule has 1 aromatic carbocycles. The summed E-state index contributed by atoms with van der Waals surface area (Å²) >= 11 is 3.39. The number of halogens is 1. The predicted octanol–water partition coefficient (Wildman–Crippen LogP) is 4.48. The van der Waals surface area contributed by atoms with Crippen molar-refractivity contribution in [2.24, 2.45) is 0 Å². The van der Waals surface area contributed by atoms with Crippen molar-refractivity contribution < 1.29 is 13.9 Å². The number of ether oxygens (including phenoxy) is 1. The molecule has 3 rings (SSSR count). The summed E-state index contributed by atoms with van der Waals surface area (Å²) in [7, 11) is 0. The maximum absolute atomic E-state index is 12.3. The molecule has 0 aliphatic heterocycles. The van der Waals surface area contributed by atoms with Crippen molar-refractivity contribution in [3.05, 3.63) is 64.7 Å². The number of hydrogen-bond donors (Lipinski definition) is 1. The topological polar surface area (TPSA) is 69.3 Å². The normalized spacial score (nSPS) is 10.6. The summed E-state index contributed by atoms with van der Waals surface area (Å²) in [5, 5.41) is 6.98. The van der Waals surface area contributed by atoms with Gasteiger partial charge in [0.1, 0.15) is 23.9 Å². The second-order valence-electron chi connectivity index (χ2n) is 5.41. The Hall–Kier alpha value is -2.54. The van der Waals surface area contributed by atoms with Gasteiger partial charge in [0.15, 0.2) is 5.76 Å². The monoisotopic (exact) mass is 403 g/mol. The molecule has 7 heteroatoms. The standard InChI is InChI=1S/C18H18BrN3O3/c1-2-10-22-17(8-9-20-22)21-18(23)16-7-6-15(25-16)12-24-14-5-3-4-13(19)11-14/h3-9,11H,2,10,12H2,1H3,(H,21,23). The summed E-state index contributed by atoms with van der Waals surface area (Å²) in [4.78, 5) is 12.3. The number of rotatable bonds is 7. The molecule has 3 aromatic rings. The first-order chi connectivity index (χ1) is 12.2. The van der Waals surface area contributed by atoms with Gasteiger partial charge in [0.05, 0.1) is 6.20 Å². The molecule has 6 nitrogen and oxygen atoms in total. The van der Waals surface area contributed by atoms with Crippen molar-refractivity contribution >= 4 is 27.7 Å². The van der Waals surface area contributed by atoms with Crippen LogP contribution in [-0.4, -0.2) is 15.7 Å². The van der Waals surface area contributed by atoms with Crippen molar-refractivity contribution in [3.63, 3.8) is 0 Å². The fourth-order valence-electron chi connectivity index (χ4n) is 2.30. The van der Waals surface area contributed by atoms with Crippen molar-refractivity contribution in [1.29, 1.82) is 0 Å². The lowest BCUT2D eigenvalue weighted by Gasteiger charge is -2.06. The largest absolute Gasteiger partial charge is 0.486 e. The minimum absolute atomic E-state index is 0.233. The summed E-state index contributed by atoms with van der Waals surface area (Å²) in [6, 6.07) is 12.7. The Labute approximate surface area is 153 Å². The van der Waals surface area contributed by atoms with E-state index >= 15 is 0 Å². The van der Waals surface area contributed by atoms with E-state index in [0.29, 0.717) is 11.6 Å². The minimum atomic E-state index is -0.313. The van der Waals surface area contributed by atoms with E-state index in [1.807, 2.05) is 24.3 Å².